The van der Waals surface area contributed by atoms with Gasteiger partial charge in [-0.25, -0.2) is 15.4 Å². The number of hydrogen-bond donors (Lipinski definition) is 1. The summed E-state index contributed by atoms with van der Waals surface area (Å²) in [5.74, 6) is 0.538. The number of aromatic nitrogens is 2. The van der Waals surface area contributed by atoms with Crippen molar-refractivity contribution >= 4 is 11.7 Å². The Bertz CT molecular complexity index is 612. The van der Waals surface area contributed by atoms with Crippen LogP contribution in [0.3, 0.4) is 0 Å². The number of aryl methyl sites for hydroxylation is 3. The van der Waals surface area contributed by atoms with Gasteiger partial charge in [0.05, 0.1) is 5.71 Å². The van der Waals surface area contributed by atoms with Crippen molar-refractivity contribution in [3.63, 3.8) is 0 Å². The van der Waals surface area contributed by atoms with Gasteiger partial charge in [0.1, 0.15) is 0 Å². The zero-order chi connectivity index (χ0) is 14.5. The van der Waals surface area contributed by atoms with Crippen LogP contribution < -0.4 is 5.43 Å². The van der Waals surface area contributed by atoms with Crippen LogP contribution in [-0.4, -0.2) is 15.7 Å². The number of hydrogen-bond acceptors (Lipinski definition) is 4. The summed E-state index contributed by atoms with van der Waals surface area (Å²) in [6.45, 7) is 8.03. The van der Waals surface area contributed by atoms with E-state index in [2.05, 4.69) is 45.6 Å². The molecule has 2 rings (SSSR count). The molecule has 0 fully saturated rings. The summed E-state index contributed by atoms with van der Waals surface area (Å²) in [6.07, 6.45) is 0.989. The number of rotatable bonds is 4. The van der Waals surface area contributed by atoms with Gasteiger partial charge in [-0.3, -0.25) is 0 Å². The lowest BCUT2D eigenvalue weighted by molar-refractivity contribution is 1.03. The van der Waals surface area contributed by atoms with Crippen LogP contribution in [0.2, 0.25) is 0 Å². The molecule has 4 nitrogen and oxygen atoms in total. The third-order valence-electron chi connectivity index (χ3n) is 3.09. The minimum absolute atomic E-state index is 0.538. The lowest BCUT2D eigenvalue weighted by atomic mass is 10.0. The molecule has 1 N–H and O–H groups in total. The average Bonchev–Trinajstić information content (AvgIpc) is 2.43. The first-order valence-electron chi connectivity index (χ1n) is 6.81. The molecule has 4 heteroatoms. The van der Waals surface area contributed by atoms with E-state index in [4.69, 9.17) is 0 Å². The Kier molecular flexibility index (Phi) is 4.45. The smallest absolute Gasteiger partial charge is 0.243 e. The van der Waals surface area contributed by atoms with Gasteiger partial charge in [-0.05, 0) is 38.8 Å². The molecule has 0 amide bonds. The fourth-order valence-electron chi connectivity index (χ4n) is 2.15. The average molecular weight is 268 g/mol. The lowest BCUT2D eigenvalue weighted by Gasteiger charge is -2.08. The fraction of sp³-hybridized carbons (Fsp3) is 0.312. The number of benzene rings is 1. The van der Waals surface area contributed by atoms with E-state index in [0.717, 1.165) is 29.1 Å². The van der Waals surface area contributed by atoms with Gasteiger partial charge in [-0.2, -0.15) is 5.10 Å². The van der Waals surface area contributed by atoms with Gasteiger partial charge in [0.2, 0.25) is 5.95 Å². The Morgan fingerprint density at radius 1 is 1.15 bits per heavy atom. The van der Waals surface area contributed by atoms with Crippen LogP contribution in [0.25, 0.3) is 0 Å². The van der Waals surface area contributed by atoms with Gasteiger partial charge in [0.15, 0.2) is 0 Å². The summed E-state index contributed by atoms with van der Waals surface area (Å²) < 4.78 is 0. The highest BCUT2D eigenvalue weighted by Gasteiger charge is 2.04. The molecule has 0 unspecified atom stereocenters. The second-order valence-corrected chi connectivity index (χ2v) is 4.79. The zero-order valence-electron chi connectivity index (χ0n) is 12.4. The molecule has 2 aromatic rings. The zero-order valence-corrected chi connectivity index (χ0v) is 12.4. The molecular formula is C16H20N4. The molecule has 20 heavy (non-hydrogen) atoms. The molecule has 0 aliphatic carbocycles. The van der Waals surface area contributed by atoms with Crippen molar-refractivity contribution in [1.82, 2.24) is 9.97 Å². The van der Waals surface area contributed by atoms with E-state index in [1.54, 1.807) is 0 Å². The second-order valence-electron chi connectivity index (χ2n) is 4.79. The molecule has 0 aliphatic heterocycles. The second kappa shape index (κ2) is 6.28. The summed E-state index contributed by atoms with van der Waals surface area (Å²) in [5.41, 5.74) is 8.19. The normalized spacial score (nSPS) is 11.5. The fourth-order valence-corrected chi connectivity index (χ4v) is 2.15. The predicted octanol–water partition coefficient (Wildman–Crippen LogP) is 3.49. The molecular weight excluding hydrogens is 248 g/mol. The Morgan fingerprint density at radius 3 is 2.45 bits per heavy atom. The van der Waals surface area contributed by atoms with E-state index in [0.29, 0.717) is 5.95 Å². The van der Waals surface area contributed by atoms with E-state index in [1.807, 2.05) is 32.9 Å². The molecule has 104 valence electrons. The highest BCUT2D eigenvalue weighted by Crippen LogP contribution is 2.11. The van der Waals surface area contributed by atoms with Crippen molar-refractivity contribution < 1.29 is 0 Å². The molecule has 1 heterocycles. The highest BCUT2D eigenvalue weighted by molar-refractivity contribution is 6.00. The van der Waals surface area contributed by atoms with Gasteiger partial charge >= 0.3 is 0 Å². The number of anilines is 1. The minimum Gasteiger partial charge on any atom is -0.245 e. The van der Waals surface area contributed by atoms with Crippen molar-refractivity contribution in [3.8, 4) is 0 Å². The topological polar surface area (TPSA) is 50.2 Å². The summed E-state index contributed by atoms with van der Waals surface area (Å²) in [6, 6.07) is 10.2. The number of nitrogens with zero attached hydrogens (tertiary/aromatic N) is 3. The Balaban J connectivity index is 2.22. The maximum atomic E-state index is 4.40. The summed E-state index contributed by atoms with van der Waals surface area (Å²) in [7, 11) is 0. The van der Waals surface area contributed by atoms with Crippen molar-refractivity contribution in [2.75, 3.05) is 5.43 Å². The van der Waals surface area contributed by atoms with E-state index in [1.165, 1.54) is 5.56 Å². The maximum absolute atomic E-state index is 4.40. The first-order valence-corrected chi connectivity index (χ1v) is 6.81. The van der Waals surface area contributed by atoms with Crippen molar-refractivity contribution in [3.05, 3.63) is 52.8 Å². The van der Waals surface area contributed by atoms with Gasteiger partial charge in [0, 0.05) is 17.0 Å². The Labute approximate surface area is 120 Å². The van der Waals surface area contributed by atoms with E-state index >= 15 is 0 Å². The molecule has 0 bridgehead atoms. The molecule has 1 aromatic heterocycles. The van der Waals surface area contributed by atoms with Gasteiger partial charge in [0.25, 0.3) is 0 Å². The molecule has 0 saturated carbocycles. The first kappa shape index (κ1) is 14.2. The summed E-state index contributed by atoms with van der Waals surface area (Å²) in [4.78, 5) is 8.63. The van der Waals surface area contributed by atoms with Gasteiger partial charge in [-0.15, -0.1) is 0 Å². The lowest BCUT2D eigenvalue weighted by Crippen LogP contribution is -2.05. The van der Waals surface area contributed by atoms with E-state index < -0.39 is 0 Å². The van der Waals surface area contributed by atoms with Crippen LogP contribution in [-0.2, 0) is 6.42 Å². The van der Waals surface area contributed by atoms with Crippen LogP contribution in [0.1, 0.15) is 36.4 Å². The quantitative estimate of drug-likeness (QED) is 0.682. The molecule has 1 aromatic carbocycles. The predicted molar refractivity (Wildman–Crippen MR) is 83.2 cm³/mol. The van der Waals surface area contributed by atoms with Gasteiger partial charge < -0.3 is 0 Å². The SMILES string of the molecule is CCc1ccccc1C(C)=NNc1nc(C)cc(C)n1. The largest absolute Gasteiger partial charge is 0.245 e. The Hall–Kier alpha value is -2.23. The molecule has 0 saturated heterocycles. The number of hydrazone groups is 1. The standard InChI is InChI=1S/C16H20N4/c1-5-14-8-6-7-9-15(14)13(4)19-20-16-17-11(2)10-12(3)18-16/h6-10H,5H2,1-4H3,(H,17,18,20). The summed E-state index contributed by atoms with van der Waals surface area (Å²) in [5, 5.41) is 4.40. The first-order chi connectivity index (χ1) is 9.60. The van der Waals surface area contributed by atoms with Crippen LogP contribution in [0, 0.1) is 13.8 Å². The van der Waals surface area contributed by atoms with Crippen molar-refractivity contribution in [2.45, 2.75) is 34.1 Å². The third kappa shape index (κ3) is 3.41. The van der Waals surface area contributed by atoms with Crippen LogP contribution in [0.4, 0.5) is 5.95 Å². The molecule has 0 aliphatic rings. The molecule has 0 radical (unpaired) electrons. The van der Waals surface area contributed by atoms with Crippen LogP contribution >= 0.6 is 0 Å². The van der Waals surface area contributed by atoms with Crippen molar-refractivity contribution in [1.29, 1.82) is 0 Å². The minimum atomic E-state index is 0.538. The summed E-state index contributed by atoms with van der Waals surface area (Å²) >= 11 is 0. The molecule has 0 spiro atoms. The third-order valence-corrected chi connectivity index (χ3v) is 3.09. The van der Waals surface area contributed by atoms with Crippen LogP contribution in [0.15, 0.2) is 35.4 Å². The van der Waals surface area contributed by atoms with Gasteiger partial charge in [-0.1, -0.05) is 31.2 Å². The van der Waals surface area contributed by atoms with Crippen LogP contribution in [0.5, 0.6) is 0 Å². The van der Waals surface area contributed by atoms with Crippen molar-refractivity contribution in [2.24, 2.45) is 5.10 Å². The maximum Gasteiger partial charge on any atom is 0.243 e. The Morgan fingerprint density at radius 2 is 1.80 bits per heavy atom. The number of nitrogens with one attached hydrogen (secondary N) is 1. The van der Waals surface area contributed by atoms with E-state index in [9.17, 15) is 0 Å². The molecule has 0 atom stereocenters. The monoisotopic (exact) mass is 268 g/mol. The van der Waals surface area contributed by atoms with E-state index in [-0.39, 0.29) is 0 Å². The highest BCUT2D eigenvalue weighted by atomic mass is 15.4.